The van der Waals surface area contributed by atoms with E-state index in [9.17, 15) is 4.79 Å². The van der Waals surface area contributed by atoms with E-state index in [1.165, 1.54) is 11.5 Å². The number of nitrogens with one attached hydrogen (secondary N) is 1. The van der Waals surface area contributed by atoms with E-state index >= 15 is 0 Å². The molecule has 0 amide bonds. The number of nitrogens with zero attached hydrogens (tertiary/aromatic N) is 1. The third-order valence-corrected chi connectivity index (χ3v) is 4.05. The first-order valence-electron chi connectivity index (χ1n) is 5.98. The minimum atomic E-state index is 0.0389. The van der Waals surface area contributed by atoms with Crippen LogP contribution in [0.2, 0.25) is 5.02 Å². The molecule has 0 fully saturated rings. The zero-order valence-corrected chi connectivity index (χ0v) is 12.6. The standard InChI is InChI=1S/C14H15ClN2OS/c1-8(11-4-6-12(15)7-5-11)16-14-13(10(3)18)9(2)17-19-14/h4-8,16H,1-3H3. The van der Waals surface area contributed by atoms with Crippen LogP contribution in [0.3, 0.4) is 0 Å². The second-order valence-electron chi connectivity index (χ2n) is 4.45. The van der Waals surface area contributed by atoms with Crippen LogP contribution in [0.4, 0.5) is 5.00 Å². The normalized spacial score (nSPS) is 12.2. The van der Waals surface area contributed by atoms with Crippen molar-refractivity contribution >= 4 is 33.9 Å². The highest BCUT2D eigenvalue weighted by Gasteiger charge is 2.16. The van der Waals surface area contributed by atoms with Gasteiger partial charge in [0.1, 0.15) is 5.00 Å². The molecule has 0 radical (unpaired) electrons. The molecule has 0 saturated heterocycles. The molecule has 0 saturated carbocycles. The highest BCUT2D eigenvalue weighted by molar-refractivity contribution is 7.10. The van der Waals surface area contributed by atoms with Crippen molar-refractivity contribution in [3.05, 3.63) is 46.1 Å². The summed E-state index contributed by atoms with van der Waals surface area (Å²) in [5.74, 6) is 0.0389. The van der Waals surface area contributed by atoms with E-state index in [1.807, 2.05) is 38.1 Å². The molecule has 0 aliphatic carbocycles. The predicted molar refractivity (Wildman–Crippen MR) is 80.3 cm³/mol. The molecule has 2 rings (SSSR count). The third-order valence-electron chi connectivity index (χ3n) is 2.93. The van der Waals surface area contributed by atoms with Crippen LogP contribution in [0.15, 0.2) is 24.3 Å². The van der Waals surface area contributed by atoms with Gasteiger partial charge in [0.05, 0.1) is 11.3 Å². The van der Waals surface area contributed by atoms with Crippen molar-refractivity contribution < 1.29 is 4.79 Å². The zero-order valence-electron chi connectivity index (χ0n) is 11.0. The molecule has 2 aromatic rings. The first kappa shape index (κ1) is 14.0. The van der Waals surface area contributed by atoms with Crippen molar-refractivity contribution in [2.45, 2.75) is 26.8 Å². The Bertz CT molecular complexity index is 592. The summed E-state index contributed by atoms with van der Waals surface area (Å²) in [6.45, 7) is 5.46. The number of hydrogen-bond acceptors (Lipinski definition) is 4. The van der Waals surface area contributed by atoms with Crippen LogP contribution < -0.4 is 5.32 Å². The van der Waals surface area contributed by atoms with Gasteiger partial charge in [-0.05, 0) is 50.0 Å². The quantitative estimate of drug-likeness (QED) is 0.845. The molecule has 1 unspecified atom stereocenters. The Kier molecular flexibility index (Phi) is 4.22. The smallest absolute Gasteiger partial charge is 0.164 e. The Morgan fingerprint density at radius 3 is 2.58 bits per heavy atom. The lowest BCUT2D eigenvalue weighted by molar-refractivity contribution is 0.101. The molecule has 1 aromatic carbocycles. The van der Waals surface area contributed by atoms with E-state index < -0.39 is 0 Å². The van der Waals surface area contributed by atoms with Gasteiger partial charge < -0.3 is 5.32 Å². The number of anilines is 1. The monoisotopic (exact) mass is 294 g/mol. The number of carbonyl (C=O) groups is 1. The summed E-state index contributed by atoms with van der Waals surface area (Å²) >= 11 is 7.20. The lowest BCUT2D eigenvalue weighted by atomic mass is 10.1. The first-order chi connectivity index (χ1) is 8.99. The van der Waals surface area contributed by atoms with Gasteiger partial charge in [-0.1, -0.05) is 23.7 Å². The van der Waals surface area contributed by atoms with Crippen LogP contribution in [0, 0.1) is 6.92 Å². The van der Waals surface area contributed by atoms with Gasteiger partial charge in [0.25, 0.3) is 0 Å². The maximum absolute atomic E-state index is 11.6. The molecular formula is C14H15ClN2OS. The van der Waals surface area contributed by atoms with Crippen LogP contribution in [-0.2, 0) is 0 Å². The van der Waals surface area contributed by atoms with Crippen molar-refractivity contribution in [3.8, 4) is 0 Å². The van der Waals surface area contributed by atoms with E-state index in [0.29, 0.717) is 10.6 Å². The highest BCUT2D eigenvalue weighted by Crippen LogP contribution is 2.29. The van der Waals surface area contributed by atoms with E-state index in [1.54, 1.807) is 6.92 Å². The Morgan fingerprint density at radius 2 is 2.00 bits per heavy atom. The number of benzene rings is 1. The Hall–Kier alpha value is -1.39. The summed E-state index contributed by atoms with van der Waals surface area (Å²) in [7, 11) is 0. The molecule has 0 aliphatic rings. The van der Waals surface area contributed by atoms with E-state index in [-0.39, 0.29) is 11.8 Å². The van der Waals surface area contributed by atoms with Gasteiger partial charge in [0.15, 0.2) is 5.78 Å². The number of aromatic nitrogens is 1. The van der Waals surface area contributed by atoms with Crippen molar-refractivity contribution in [1.29, 1.82) is 0 Å². The van der Waals surface area contributed by atoms with Gasteiger partial charge in [0, 0.05) is 11.1 Å². The van der Waals surface area contributed by atoms with Gasteiger partial charge in [-0.25, -0.2) is 0 Å². The number of carbonyl (C=O) groups excluding carboxylic acids is 1. The SMILES string of the molecule is CC(=O)c1c(C)nsc1NC(C)c1ccc(Cl)cc1. The number of hydrogen-bond donors (Lipinski definition) is 1. The summed E-state index contributed by atoms with van der Waals surface area (Å²) in [5, 5.41) is 4.88. The molecule has 5 heteroatoms. The lowest BCUT2D eigenvalue weighted by Gasteiger charge is -2.15. The molecule has 0 spiro atoms. The second-order valence-corrected chi connectivity index (χ2v) is 5.66. The number of rotatable bonds is 4. The summed E-state index contributed by atoms with van der Waals surface area (Å²) in [5.41, 5.74) is 2.58. The minimum Gasteiger partial charge on any atom is -0.369 e. The molecule has 100 valence electrons. The second kappa shape index (κ2) is 5.72. The number of aryl methyl sites for hydroxylation is 1. The van der Waals surface area contributed by atoms with E-state index in [4.69, 9.17) is 11.6 Å². The van der Waals surface area contributed by atoms with Gasteiger partial charge in [-0.3, -0.25) is 4.79 Å². The number of ketones is 1. The topological polar surface area (TPSA) is 42.0 Å². The summed E-state index contributed by atoms with van der Waals surface area (Å²) in [6.07, 6.45) is 0. The molecule has 3 nitrogen and oxygen atoms in total. The Labute approximate surface area is 121 Å². The molecule has 19 heavy (non-hydrogen) atoms. The van der Waals surface area contributed by atoms with E-state index in [0.717, 1.165) is 16.3 Å². The maximum atomic E-state index is 11.6. The maximum Gasteiger partial charge on any atom is 0.164 e. The molecule has 1 atom stereocenters. The number of Topliss-reactive ketones (excluding diaryl/α,β-unsaturated/α-hetero) is 1. The van der Waals surface area contributed by atoms with Crippen LogP contribution in [-0.4, -0.2) is 10.2 Å². The van der Waals surface area contributed by atoms with Crippen molar-refractivity contribution in [3.63, 3.8) is 0 Å². The van der Waals surface area contributed by atoms with Crippen LogP contribution in [0.25, 0.3) is 0 Å². The van der Waals surface area contributed by atoms with Crippen molar-refractivity contribution in [1.82, 2.24) is 4.37 Å². The average molecular weight is 295 g/mol. The Morgan fingerprint density at radius 1 is 1.37 bits per heavy atom. The average Bonchev–Trinajstić information content (AvgIpc) is 2.71. The molecule has 0 aliphatic heterocycles. The molecule has 0 bridgehead atoms. The minimum absolute atomic E-state index is 0.0389. The summed E-state index contributed by atoms with van der Waals surface area (Å²) in [4.78, 5) is 11.6. The third kappa shape index (κ3) is 3.14. The lowest BCUT2D eigenvalue weighted by Crippen LogP contribution is -2.08. The van der Waals surface area contributed by atoms with Gasteiger partial charge in [-0.15, -0.1) is 0 Å². The molecule has 1 N–H and O–H groups in total. The molecule has 1 aromatic heterocycles. The van der Waals surface area contributed by atoms with Crippen LogP contribution in [0.1, 0.15) is 41.5 Å². The van der Waals surface area contributed by atoms with Gasteiger partial charge >= 0.3 is 0 Å². The van der Waals surface area contributed by atoms with Crippen molar-refractivity contribution in [2.24, 2.45) is 0 Å². The predicted octanol–water partition coefficient (Wildman–Crippen LogP) is 4.48. The van der Waals surface area contributed by atoms with Gasteiger partial charge in [-0.2, -0.15) is 4.37 Å². The van der Waals surface area contributed by atoms with E-state index in [2.05, 4.69) is 9.69 Å². The fourth-order valence-corrected chi connectivity index (χ4v) is 2.97. The zero-order chi connectivity index (χ0) is 14.0. The van der Waals surface area contributed by atoms with Gasteiger partial charge in [0.2, 0.25) is 0 Å². The first-order valence-corrected chi connectivity index (χ1v) is 7.13. The fourth-order valence-electron chi connectivity index (χ4n) is 1.91. The number of halogens is 1. The largest absolute Gasteiger partial charge is 0.369 e. The molecule has 1 heterocycles. The van der Waals surface area contributed by atoms with Crippen LogP contribution >= 0.6 is 23.1 Å². The van der Waals surface area contributed by atoms with Crippen LogP contribution in [0.5, 0.6) is 0 Å². The summed E-state index contributed by atoms with van der Waals surface area (Å²) < 4.78 is 4.24. The highest BCUT2D eigenvalue weighted by atomic mass is 35.5. The fraction of sp³-hybridized carbons (Fsp3) is 0.286. The molecular weight excluding hydrogens is 280 g/mol. The van der Waals surface area contributed by atoms with Crippen molar-refractivity contribution in [2.75, 3.05) is 5.32 Å². The Balaban J connectivity index is 2.21. The summed E-state index contributed by atoms with van der Waals surface area (Å²) in [6, 6.07) is 7.76.